The minimum atomic E-state index is 0.0231. The lowest BCUT2D eigenvalue weighted by Crippen LogP contribution is -2.19. The van der Waals surface area contributed by atoms with Gasteiger partial charge in [-0.3, -0.25) is 9.59 Å². The van der Waals surface area contributed by atoms with E-state index in [9.17, 15) is 9.59 Å². The Kier molecular flexibility index (Phi) is 1.38. The Labute approximate surface area is 66.0 Å². The lowest BCUT2D eigenvalue weighted by Gasteiger charge is -2.16. The number of hydrogen-bond acceptors (Lipinski definition) is 2. The molecule has 1 unspecified atom stereocenters. The van der Waals surface area contributed by atoms with Gasteiger partial charge in [-0.25, -0.2) is 0 Å². The molecular formula is C9H12O2. The third-order valence-electron chi connectivity index (χ3n) is 3.15. The summed E-state index contributed by atoms with van der Waals surface area (Å²) in [5, 5.41) is 0. The number of rotatable bonds is 0. The molecule has 0 saturated heterocycles. The van der Waals surface area contributed by atoms with Crippen molar-refractivity contribution in [3.05, 3.63) is 0 Å². The van der Waals surface area contributed by atoms with E-state index in [4.69, 9.17) is 0 Å². The van der Waals surface area contributed by atoms with Crippen molar-refractivity contribution in [3.8, 4) is 0 Å². The fourth-order valence-electron chi connectivity index (χ4n) is 2.37. The summed E-state index contributed by atoms with van der Waals surface area (Å²) >= 11 is 0. The predicted molar refractivity (Wildman–Crippen MR) is 40.0 cm³/mol. The zero-order valence-electron chi connectivity index (χ0n) is 6.67. The van der Waals surface area contributed by atoms with Crippen molar-refractivity contribution in [1.29, 1.82) is 0 Å². The highest BCUT2D eigenvalue weighted by atomic mass is 16.1. The molecule has 0 amide bonds. The maximum Gasteiger partial charge on any atom is 0.139 e. The zero-order chi connectivity index (χ0) is 8.01. The summed E-state index contributed by atoms with van der Waals surface area (Å²) in [5.74, 6) is 0.990. The maximum atomic E-state index is 11.4. The second-order valence-electron chi connectivity index (χ2n) is 3.74. The molecule has 2 fully saturated rings. The topological polar surface area (TPSA) is 34.1 Å². The van der Waals surface area contributed by atoms with Gasteiger partial charge in [0, 0.05) is 24.2 Å². The highest BCUT2D eigenvalue weighted by Crippen LogP contribution is 2.41. The molecule has 11 heavy (non-hydrogen) atoms. The van der Waals surface area contributed by atoms with Gasteiger partial charge in [0.1, 0.15) is 11.6 Å². The number of carbonyl (C=O) groups is 2. The average Bonchev–Trinajstić information content (AvgIpc) is 2.24. The van der Waals surface area contributed by atoms with Crippen LogP contribution < -0.4 is 0 Å². The monoisotopic (exact) mass is 152 g/mol. The van der Waals surface area contributed by atoms with Crippen molar-refractivity contribution in [3.63, 3.8) is 0 Å². The summed E-state index contributed by atoms with van der Waals surface area (Å²) in [7, 11) is 0. The molecule has 2 heteroatoms. The quantitative estimate of drug-likeness (QED) is 0.522. The fourth-order valence-corrected chi connectivity index (χ4v) is 2.37. The molecule has 2 rings (SSSR count). The first-order chi connectivity index (χ1) is 5.20. The van der Waals surface area contributed by atoms with Crippen molar-refractivity contribution in [2.75, 3.05) is 0 Å². The van der Waals surface area contributed by atoms with Crippen LogP contribution in [0.15, 0.2) is 0 Å². The number of hydrogen-bond donors (Lipinski definition) is 0. The van der Waals surface area contributed by atoms with Crippen LogP contribution in [0.1, 0.15) is 26.2 Å². The second-order valence-corrected chi connectivity index (χ2v) is 3.74. The fraction of sp³-hybridized carbons (Fsp3) is 0.778. The Balaban J connectivity index is 2.29. The number of fused-ring (bicyclic) bond motifs is 2. The molecule has 0 heterocycles. The van der Waals surface area contributed by atoms with Crippen molar-refractivity contribution in [1.82, 2.24) is 0 Å². The molecule has 0 radical (unpaired) electrons. The first-order valence-corrected chi connectivity index (χ1v) is 4.26. The van der Waals surface area contributed by atoms with E-state index >= 15 is 0 Å². The highest BCUT2D eigenvalue weighted by Gasteiger charge is 2.45. The van der Waals surface area contributed by atoms with Crippen molar-refractivity contribution in [2.45, 2.75) is 26.2 Å². The molecule has 0 N–H and O–H groups in total. The number of Topliss-reactive ketones (excluding diaryl/α,β-unsaturated/α-hetero) is 2. The van der Waals surface area contributed by atoms with Gasteiger partial charge in [-0.2, -0.15) is 0 Å². The van der Waals surface area contributed by atoms with Gasteiger partial charge < -0.3 is 0 Å². The van der Waals surface area contributed by atoms with Gasteiger partial charge in [-0.05, 0) is 12.8 Å². The van der Waals surface area contributed by atoms with E-state index in [0.717, 1.165) is 12.8 Å². The van der Waals surface area contributed by atoms with E-state index in [-0.39, 0.29) is 17.8 Å². The van der Waals surface area contributed by atoms with Gasteiger partial charge >= 0.3 is 0 Å². The normalized spacial score (nSPS) is 43.2. The summed E-state index contributed by atoms with van der Waals surface area (Å²) in [5.41, 5.74) is 0. The molecule has 0 aliphatic heterocycles. The Morgan fingerprint density at radius 2 is 2.09 bits per heavy atom. The highest BCUT2D eigenvalue weighted by molar-refractivity contribution is 5.96. The lowest BCUT2D eigenvalue weighted by atomic mass is 9.86. The smallest absolute Gasteiger partial charge is 0.139 e. The Morgan fingerprint density at radius 1 is 1.36 bits per heavy atom. The first-order valence-electron chi connectivity index (χ1n) is 4.26. The van der Waals surface area contributed by atoms with Crippen LogP contribution in [0.4, 0.5) is 0 Å². The van der Waals surface area contributed by atoms with Crippen LogP contribution in [0.3, 0.4) is 0 Å². The van der Waals surface area contributed by atoms with Gasteiger partial charge in [0.2, 0.25) is 0 Å². The Morgan fingerprint density at radius 3 is 2.73 bits per heavy atom. The summed E-state index contributed by atoms with van der Waals surface area (Å²) in [6.45, 7) is 1.90. The molecule has 2 aliphatic rings. The standard InChI is InChI=1S/C9H12O2/c1-5-7-4-6(9(5)11)2-3-8(7)10/h5-7H,2-4H2,1H3/t5?,6-,7+/m0/s1. The van der Waals surface area contributed by atoms with E-state index in [2.05, 4.69) is 0 Å². The summed E-state index contributed by atoms with van der Waals surface area (Å²) in [6.07, 6.45) is 2.31. The molecule has 0 aromatic carbocycles. The molecule has 2 nitrogen and oxygen atoms in total. The van der Waals surface area contributed by atoms with Crippen molar-refractivity contribution < 1.29 is 9.59 Å². The Bertz CT molecular complexity index is 220. The molecule has 2 bridgehead atoms. The third-order valence-corrected chi connectivity index (χ3v) is 3.15. The second kappa shape index (κ2) is 2.16. The van der Waals surface area contributed by atoms with Crippen LogP contribution in [0, 0.1) is 17.8 Å². The van der Waals surface area contributed by atoms with E-state index < -0.39 is 0 Å². The van der Waals surface area contributed by atoms with Gasteiger partial charge in [0.05, 0.1) is 0 Å². The predicted octanol–water partition coefficient (Wildman–Crippen LogP) is 1.19. The van der Waals surface area contributed by atoms with E-state index in [0.29, 0.717) is 18.0 Å². The van der Waals surface area contributed by atoms with Crippen LogP contribution in [0.5, 0.6) is 0 Å². The summed E-state index contributed by atoms with van der Waals surface area (Å²) in [4.78, 5) is 22.6. The lowest BCUT2D eigenvalue weighted by molar-refractivity contribution is -0.126. The molecule has 3 atom stereocenters. The summed E-state index contributed by atoms with van der Waals surface area (Å²) in [6, 6.07) is 0. The molecule has 60 valence electrons. The number of ketones is 2. The minimum absolute atomic E-state index is 0.0231. The Hall–Kier alpha value is -0.660. The maximum absolute atomic E-state index is 11.4. The zero-order valence-corrected chi connectivity index (χ0v) is 6.67. The van der Waals surface area contributed by atoms with Gasteiger partial charge in [-0.15, -0.1) is 0 Å². The summed E-state index contributed by atoms with van der Waals surface area (Å²) < 4.78 is 0. The van der Waals surface area contributed by atoms with Gasteiger partial charge in [-0.1, -0.05) is 6.92 Å². The van der Waals surface area contributed by atoms with E-state index in [1.54, 1.807) is 0 Å². The molecule has 2 saturated carbocycles. The van der Waals surface area contributed by atoms with Crippen LogP contribution in [0.2, 0.25) is 0 Å². The van der Waals surface area contributed by atoms with E-state index in [1.165, 1.54) is 0 Å². The molecule has 0 spiro atoms. The van der Waals surface area contributed by atoms with Crippen LogP contribution in [0.25, 0.3) is 0 Å². The van der Waals surface area contributed by atoms with Crippen LogP contribution >= 0.6 is 0 Å². The molecule has 2 aliphatic carbocycles. The van der Waals surface area contributed by atoms with Crippen LogP contribution in [-0.2, 0) is 9.59 Å². The minimum Gasteiger partial charge on any atom is -0.299 e. The molecule has 0 aromatic rings. The van der Waals surface area contributed by atoms with E-state index in [1.807, 2.05) is 6.92 Å². The van der Waals surface area contributed by atoms with Crippen molar-refractivity contribution >= 4 is 11.6 Å². The average molecular weight is 152 g/mol. The van der Waals surface area contributed by atoms with Gasteiger partial charge in [0.15, 0.2) is 0 Å². The molecular weight excluding hydrogens is 140 g/mol. The molecule has 0 aromatic heterocycles. The first kappa shape index (κ1) is 7.01. The van der Waals surface area contributed by atoms with Crippen molar-refractivity contribution in [2.24, 2.45) is 17.8 Å². The third kappa shape index (κ3) is 0.849. The van der Waals surface area contributed by atoms with Crippen LogP contribution in [-0.4, -0.2) is 11.6 Å². The largest absolute Gasteiger partial charge is 0.299 e. The number of carbonyl (C=O) groups excluding carboxylic acids is 2. The SMILES string of the molecule is CC1C(=O)[C@H]2CCC(=O)[C@@H]1C2. The van der Waals surface area contributed by atoms with Gasteiger partial charge in [0.25, 0.3) is 0 Å².